The predicted molar refractivity (Wildman–Crippen MR) is 107 cm³/mol. The highest BCUT2D eigenvalue weighted by molar-refractivity contribution is 6.11. The number of methoxy groups -OCH3 is 1. The molecule has 1 atom stereocenters. The number of pyridine rings is 1. The number of non-ortho nitro benzene ring substituents is 1. The summed E-state index contributed by atoms with van der Waals surface area (Å²) in [5.41, 5.74) is 6.79. The molecule has 2 aromatic carbocycles. The first-order chi connectivity index (χ1) is 13.8. The molecule has 3 aromatic rings. The third kappa shape index (κ3) is 3.84. The summed E-state index contributed by atoms with van der Waals surface area (Å²) in [5.74, 6) is -1.03. The summed E-state index contributed by atoms with van der Waals surface area (Å²) in [6, 6.07) is 11.9. The number of fused-ring (bicyclic) bond motifs is 1. The number of hydrogen-bond donors (Lipinski definition) is 2. The van der Waals surface area contributed by atoms with Crippen molar-refractivity contribution in [2.45, 2.75) is 13.0 Å². The highest BCUT2D eigenvalue weighted by Gasteiger charge is 2.24. The van der Waals surface area contributed by atoms with Gasteiger partial charge in [-0.2, -0.15) is 0 Å². The number of primary amides is 1. The Balaban J connectivity index is 2.22. The van der Waals surface area contributed by atoms with Gasteiger partial charge in [-0.05, 0) is 25.1 Å². The van der Waals surface area contributed by atoms with E-state index >= 15 is 0 Å². The van der Waals surface area contributed by atoms with Crippen molar-refractivity contribution in [2.75, 3.05) is 7.11 Å². The van der Waals surface area contributed by atoms with Crippen molar-refractivity contribution < 1.29 is 19.2 Å². The lowest BCUT2D eigenvalue weighted by Gasteiger charge is -2.17. The Morgan fingerprint density at radius 2 is 1.83 bits per heavy atom. The quantitative estimate of drug-likeness (QED) is 0.486. The molecule has 0 radical (unpaired) electrons. The van der Waals surface area contributed by atoms with Crippen LogP contribution in [0.25, 0.3) is 22.2 Å². The fraction of sp³-hybridized carbons (Fsp3) is 0.150. The number of nitrogens with two attached hydrogens (primary N) is 1. The molecule has 1 aromatic heterocycles. The van der Waals surface area contributed by atoms with Gasteiger partial charge in [-0.15, -0.1) is 0 Å². The third-order valence-corrected chi connectivity index (χ3v) is 4.40. The fourth-order valence-electron chi connectivity index (χ4n) is 2.90. The molecule has 3 rings (SSSR count). The standard InChI is InChI=1S/C20H18N4O5/c1-11(19(21)25)22-20(26)16-14-5-3-4-6-15(14)23-17(18(16)29-2)12-7-9-13(10-8-12)24(27)28/h3-11H,1-2H3,(H2,21,25)(H,22,26)/t11-/m0/s1. The first-order valence-electron chi connectivity index (χ1n) is 8.65. The van der Waals surface area contributed by atoms with Crippen LogP contribution in [0, 0.1) is 10.1 Å². The van der Waals surface area contributed by atoms with E-state index in [9.17, 15) is 19.7 Å². The molecule has 0 spiro atoms. The number of para-hydroxylation sites is 1. The van der Waals surface area contributed by atoms with Gasteiger partial charge in [-0.25, -0.2) is 4.98 Å². The Hall–Kier alpha value is -4.01. The van der Waals surface area contributed by atoms with Crippen molar-refractivity contribution >= 4 is 28.4 Å². The van der Waals surface area contributed by atoms with Gasteiger partial charge in [0.05, 0.1) is 23.1 Å². The van der Waals surface area contributed by atoms with Crippen LogP contribution in [-0.4, -0.2) is 34.9 Å². The van der Waals surface area contributed by atoms with Gasteiger partial charge in [0.1, 0.15) is 11.7 Å². The van der Waals surface area contributed by atoms with Crippen LogP contribution >= 0.6 is 0 Å². The van der Waals surface area contributed by atoms with Gasteiger partial charge < -0.3 is 15.8 Å². The van der Waals surface area contributed by atoms with E-state index in [2.05, 4.69) is 10.3 Å². The van der Waals surface area contributed by atoms with Gasteiger partial charge >= 0.3 is 0 Å². The molecule has 3 N–H and O–H groups in total. The number of nitrogens with one attached hydrogen (secondary N) is 1. The van der Waals surface area contributed by atoms with Crippen molar-refractivity contribution in [3.05, 3.63) is 64.2 Å². The topological polar surface area (TPSA) is 137 Å². The molecule has 1 heterocycles. The van der Waals surface area contributed by atoms with Crippen LogP contribution < -0.4 is 15.8 Å². The largest absolute Gasteiger partial charge is 0.494 e. The van der Waals surface area contributed by atoms with Crippen molar-refractivity contribution in [3.63, 3.8) is 0 Å². The molecule has 0 aliphatic rings. The molecule has 9 nitrogen and oxygen atoms in total. The SMILES string of the molecule is COc1c(-c2ccc([N+](=O)[O-])cc2)nc2ccccc2c1C(=O)N[C@@H](C)C(N)=O. The predicted octanol–water partition coefficient (Wildman–Crippen LogP) is 2.42. The Bertz CT molecular complexity index is 1110. The average molecular weight is 394 g/mol. The first kappa shape index (κ1) is 19.7. The van der Waals surface area contributed by atoms with Crippen LogP contribution in [0.1, 0.15) is 17.3 Å². The zero-order valence-corrected chi connectivity index (χ0v) is 15.7. The number of rotatable bonds is 6. The van der Waals surface area contributed by atoms with Crippen LogP contribution in [0.15, 0.2) is 48.5 Å². The molecule has 2 amide bonds. The molecule has 0 saturated carbocycles. The molecular weight excluding hydrogens is 376 g/mol. The number of carbonyl (C=O) groups is 2. The van der Waals surface area contributed by atoms with Crippen LogP contribution in [0.5, 0.6) is 5.75 Å². The van der Waals surface area contributed by atoms with Crippen LogP contribution in [-0.2, 0) is 4.79 Å². The second kappa shape index (κ2) is 7.93. The maximum absolute atomic E-state index is 13.0. The van der Waals surface area contributed by atoms with Gasteiger partial charge in [0, 0.05) is 23.1 Å². The maximum atomic E-state index is 13.0. The van der Waals surface area contributed by atoms with Crippen LogP contribution in [0.4, 0.5) is 5.69 Å². The number of amides is 2. The molecule has 29 heavy (non-hydrogen) atoms. The zero-order chi connectivity index (χ0) is 21.1. The second-order valence-corrected chi connectivity index (χ2v) is 6.29. The number of hydrogen-bond acceptors (Lipinski definition) is 6. The van der Waals surface area contributed by atoms with Crippen molar-refractivity contribution in [3.8, 4) is 17.0 Å². The van der Waals surface area contributed by atoms with E-state index < -0.39 is 22.8 Å². The van der Waals surface area contributed by atoms with Crippen LogP contribution in [0.3, 0.4) is 0 Å². The summed E-state index contributed by atoms with van der Waals surface area (Å²) >= 11 is 0. The summed E-state index contributed by atoms with van der Waals surface area (Å²) in [5, 5.41) is 14.0. The van der Waals surface area contributed by atoms with E-state index in [4.69, 9.17) is 10.5 Å². The molecule has 0 saturated heterocycles. The summed E-state index contributed by atoms with van der Waals surface area (Å²) in [6.07, 6.45) is 0. The number of nitrogens with zero attached hydrogens (tertiary/aromatic N) is 2. The van der Waals surface area contributed by atoms with E-state index in [0.29, 0.717) is 22.2 Å². The number of aromatic nitrogens is 1. The normalized spacial score (nSPS) is 11.7. The molecular formula is C20H18N4O5. The molecule has 0 aliphatic heterocycles. The number of benzene rings is 2. The van der Waals surface area contributed by atoms with Crippen LogP contribution in [0.2, 0.25) is 0 Å². The minimum Gasteiger partial charge on any atom is -0.494 e. The molecule has 0 aliphatic carbocycles. The minimum absolute atomic E-state index is 0.0678. The van der Waals surface area contributed by atoms with Crippen molar-refractivity contribution in [1.29, 1.82) is 0 Å². The minimum atomic E-state index is -0.887. The van der Waals surface area contributed by atoms with Gasteiger partial charge in [-0.3, -0.25) is 19.7 Å². The van der Waals surface area contributed by atoms with Gasteiger partial charge in [-0.1, -0.05) is 18.2 Å². The molecule has 0 unspecified atom stereocenters. The first-order valence-corrected chi connectivity index (χ1v) is 8.65. The number of nitro groups is 1. The lowest BCUT2D eigenvalue weighted by Crippen LogP contribution is -2.42. The highest BCUT2D eigenvalue weighted by atomic mass is 16.6. The Morgan fingerprint density at radius 1 is 1.17 bits per heavy atom. The monoisotopic (exact) mass is 394 g/mol. The van der Waals surface area contributed by atoms with Gasteiger partial charge in [0.2, 0.25) is 5.91 Å². The molecule has 0 bridgehead atoms. The van der Waals surface area contributed by atoms with Gasteiger partial charge in [0.15, 0.2) is 5.75 Å². The second-order valence-electron chi connectivity index (χ2n) is 6.29. The van der Waals surface area contributed by atoms with E-state index in [0.717, 1.165) is 0 Å². The summed E-state index contributed by atoms with van der Waals surface area (Å²) in [6.45, 7) is 1.48. The highest BCUT2D eigenvalue weighted by Crippen LogP contribution is 2.36. The number of ether oxygens (including phenoxy) is 1. The third-order valence-electron chi connectivity index (χ3n) is 4.40. The summed E-state index contributed by atoms with van der Waals surface area (Å²) in [7, 11) is 1.40. The maximum Gasteiger partial charge on any atom is 0.269 e. The lowest BCUT2D eigenvalue weighted by molar-refractivity contribution is -0.384. The van der Waals surface area contributed by atoms with E-state index in [1.165, 1.54) is 38.3 Å². The van der Waals surface area contributed by atoms with E-state index in [1.54, 1.807) is 24.3 Å². The van der Waals surface area contributed by atoms with E-state index in [1.807, 2.05) is 0 Å². The zero-order valence-electron chi connectivity index (χ0n) is 15.7. The lowest BCUT2D eigenvalue weighted by atomic mass is 10.0. The van der Waals surface area contributed by atoms with Crippen molar-refractivity contribution in [2.24, 2.45) is 5.73 Å². The molecule has 9 heteroatoms. The summed E-state index contributed by atoms with van der Waals surface area (Å²) < 4.78 is 5.51. The Kier molecular flexibility index (Phi) is 5.40. The number of nitro benzene ring substituents is 1. The molecule has 148 valence electrons. The van der Waals surface area contributed by atoms with Crippen molar-refractivity contribution in [1.82, 2.24) is 10.3 Å². The van der Waals surface area contributed by atoms with E-state index in [-0.39, 0.29) is 17.0 Å². The molecule has 0 fully saturated rings. The Morgan fingerprint density at radius 3 is 2.41 bits per heavy atom. The average Bonchev–Trinajstić information content (AvgIpc) is 2.72. The summed E-state index contributed by atoms with van der Waals surface area (Å²) in [4.78, 5) is 39.3. The Labute approximate surface area is 165 Å². The van der Waals surface area contributed by atoms with Gasteiger partial charge in [0.25, 0.3) is 11.6 Å². The smallest absolute Gasteiger partial charge is 0.269 e. The number of carbonyl (C=O) groups excluding carboxylic acids is 2. The fourth-order valence-corrected chi connectivity index (χ4v) is 2.90.